The van der Waals surface area contributed by atoms with Crippen molar-refractivity contribution >= 4 is 5.97 Å². The Morgan fingerprint density at radius 3 is 1.28 bits per heavy atom. The molecule has 0 fully saturated rings. The molecule has 2 nitrogen and oxygen atoms in total. The lowest BCUT2D eigenvalue weighted by atomic mass is 9.91. The molecule has 0 saturated carbocycles. The molecule has 0 N–H and O–H groups in total. The predicted octanol–water partition coefficient (Wildman–Crippen LogP) is 10.4. The van der Waals surface area contributed by atoms with Crippen LogP contribution in [-0.4, -0.2) is 12.6 Å². The summed E-state index contributed by atoms with van der Waals surface area (Å²) in [4.78, 5) is 12.4. The number of esters is 1. The van der Waals surface area contributed by atoms with Gasteiger partial charge in [0.25, 0.3) is 0 Å². The van der Waals surface area contributed by atoms with Crippen LogP contribution in [0.1, 0.15) is 169 Å². The molecule has 1 unspecified atom stereocenters. The summed E-state index contributed by atoms with van der Waals surface area (Å²) in [5, 5.41) is 0. The second-order valence-corrected chi connectivity index (χ2v) is 11.5. The van der Waals surface area contributed by atoms with Crippen molar-refractivity contribution in [2.75, 3.05) is 6.61 Å². The fraction of sp³-hybridized carbons (Fsp3) is 0.967. The number of unbranched alkanes of at least 4 members (excludes halogenated alkanes) is 16. The summed E-state index contributed by atoms with van der Waals surface area (Å²) in [6, 6.07) is 0. The molecule has 0 saturated heterocycles. The smallest absolute Gasteiger partial charge is 0.306 e. The molecule has 0 spiro atoms. The summed E-state index contributed by atoms with van der Waals surface area (Å²) in [5.74, 6) is 0.549. The Hall–Kier alpha value is -0.530. The van der Waals surface area contributed by atoms with Crippen LogP contribution in [0.15, 0.2) is 0 Å². The van der Waals surface area contributed by atoms with Crippen molar-refractivity contribution in [3.05, 3.63) is 0 Å². The molecule has 0 aromatic carbocycles. The summed E-state index contributed by atoms with van der Waals surface area (Å²) in [7, 11) is 0. The topological polar surface area (TPSA) is 26.3 Å². The van der Waals surface area contributed by atoms with Gasteiger partial charge in [-0.05, 0) is 24.2 Å². The second kappa shape index (κ2) is 22.3. The van der Waals surface area contributed by atoms with Gasteiger partial charge in [0.2, 0.25) is 0 Å². The van der Waals surface area contributed by atoms with Gasteiger partial charge >= 0.3 is 5.97 Å². The van der Waals surface area contributed by atoms with Gasteiger partial charge in [-0.15, -0.1) is 0 Å². The van der Waals surface area contributed by atoms with Crippen molar-refractivity contribution < 1.29 is 9.53 Å². The maximum absolute atomic E-state index is 12.4. The van der Waals surface area contributed by atoms with Crippen LogP contribution in [0.25, 0.3) is 0 Å². The zero-order valence-corrected chi connectivity index (χ0v) is 23.0. The molecule has 0 radical (unpaired) electrons. The van der Waals surface area contributed by atoms with Crippen molar-refractivity contribution in [2.45, 2.75) is 169 Å². The summed E-state index contributed by atoms with van der Waals surface area (Å²) in [5.41, 5.74) is 0.0550. The first kappa shape index (κ1) is 31.5. The third kappa shape index (κ3) is 24.1. The fourth-order valence-corrected chi connectivity index (χ4v) is 4.43. The Morgan fingerprint density at radius 2 is 0.938 bits per heavy atom. The monoisotopic (exact) mass is 452 g/mol. The standard InChI is InChI=1S/C30H60O2/c1-6-8-10-12-14-16-17-19-21-23-25-28(26-29(31)32-27-30(3,4)5)24-22-20-18-15-13-11-9-7-2/h28H,6-27H2,1-5H3. The van der Waals surface area contributed by atoms with E-state index in [-0.39, 0.29) is 11.4 Å². The quantitative estimate of drug-likeness (QED) is 0.114. The van der Waals surface area contributed by atoms with Crippen LogP contribution >= 0.6 is 0 Å². The van der Waals surface area contributed by atoms with Gasteiger partial charge in [-0.25, -0.2) is 0 Å². The normalized spacial score (nSPS) is 12.8. The molecule has 0 aliphatic carbocycles. The van der Waals surface area contributed by atoms with E-state index in [1.54, 1.807) is 0 Å². The fourth-order valence-electron chi connectivity index (χ4n) is 4.43. The van der Waals surface area contributed by atoms with Gasteiger partial charge in [-0.1, -0.05) is 150 Å². The van der Waals surface area contributed by atoms with E-state index in [9.17, 15) is 4.79 Å². The number of ether oxygens (including phenoxy) is 1. The van der Waals surface area contributed by atoms with Crippen molar-refractivity contribution in [1.29, 1.82) is 0 Å². The number of carbonyl (C=O) groups is 1. The molecular weight excluding hydrogens is 392 g/mol. The second-order valence-electron chi connectivity index (χ2n) is 11.5. The lowest BCUT2D eigenvalue weighted by Gasteiger charge is -2.20. The van der Waals surface area contributed by atoms with Crippen LogP contribution in [0, 0.1) is 11.3 Å². The molecule has 0 heterocycles. The van der Waals surface area contributed by atoms with Gasteiger partial charge in [0.1, 0.15) is 0 Å². The molecule has 0 bridgehead atoms. The van der Waals surface area contributed by atoms with E-state index >= 15 is 0 Å². The summed E-state index contributed by atoms with van der Waals surface area (Å²) >= 11 is 0. The lowest BCUT2D eigenvalue weighted by molar-refractivity contribution is -0.147. The first-order chi connectivity index (χ1) is 15.4. The Labute approximate surface area is 203 Å². The number of carbonyl (C=O) groups excluding carboxylic acids is 1. The highest BCUT2D eigenvalue weighted by molar-refractivity contribution is 5.69. The maximum Gasteiger partial charge on any atom is 0.306 e. The summed E-state index contributed by atoms with van der Waals surface area (Å²) < 4.78 is 5.58. The molecule has 0 aromatic heterocycles. The van der Waals surface area contributed by atoms with Gasteiger partial charge in [-0.2, -0.15) is 0 Å². The number of hydrogen-bond donors (Lipinski definition) is 0. The molecule has 2 heteroatoms. The van der Waals surface area contributed by atoms with E-state index in [4.69, 9.17) is 4.74 Å². The molecule has 0 rings (SSSR count). The largest absolute Gasteiger partial charge is 0.465 e. The van der Waals surface area contributed by atoms with Crippen LogP contribution in [0.4, 0.5) is 0 Å². The third-order valence-electron chi connectivity index (χ3n) is 6.55. The molecule has 0 aliphatic heterocycles. The Balaban J connectivity index is 4.04. The van der Waals surface area contributed by atoms with E-state index in [1.807, 2.05) is 0 Å². The van der Waals surface area contributed by atoms with E-state index in [0.717, 1.165) is 0 Å². The van der Waals surface area contributed by atoms with Crippen molar-refractivity contribution in [1.82, 2.24) is 0 Å². The average molecular weight is 453 g/mol. The Kier molecular flexibility index (Phi) is 21.9. The van der Waals surface area contributed by atoms with Gasteiger partial charge in [0.05, 0.1) is 6.61 Å². The molecule has 0 aliphatic rings. The first-order valence-electron chi connectivity index (χ1n) is 14.5. The molecular formula is C30H60O2. The van der Waals surface area contributed by atoms with E-state index in [2.05, 4.69) is 34.6 Å². The van der Waals surface area contributed by atoms with Crippen molar-refractivity contribution in [3.8, 4) is 0 Å². The predicted molar refractivity (Wildman–Crippen MR) is 142 cm³/mol. The average Bonchev–Trinajstić information content (AvgIpc) is 2.74. The van der Waals surface area contributed by atoms with Crippen LogP contribution in [0.5, 0.6) is 0 Å². The zero-order chi connectivity index (χ0) is 23.9. The minimum absolute atomic E-state index is 0.0246. The maximum atomic E-state index is 12.4. The van der Waals surface area contributed by atoms with Gasteiger partial charge in [0.15, 0.2) is 0 Å². The van der Waals surface area contributed by atoms with Crippen molar-refractivity contribution in [2.24, 2.45) is 11.3 Å². The highest BCUT2D eigenvalue weighted by Crippen LogP contribution is 2.24. The van der Waals surface area contributed by atoms with Gasteiger partial charge < -0.3 is 4.74 Å². The highest BCUT2D eigenvalue weighted by atomic mass is 16.5. The molecule has 192 valence electrons. The molecule has 1 atom stereocenters. The first-order valence-corrected chi connectivity index (χ1v) is 14.5. The van der Waals surface area contributed by atoms with Crippen LogP contribution in [-0.2, 0) is 9.53 Å². The SMILES string of the molecule is CCCCCCCCCCCCC(CCCCCCCCCC)CC(=O)OCC(C)(C)C. The van der Waals surface area contributed by atoms with Crippen LogP contribution in [0.3, 0.4) is 0 Å². The minimum atomic E-state index is 0.0246. The molecule has 0 aromatic rings. The molecule has 32 heavy (non-hydrogen) atoms. The van der Waals surface area contributed by atoms with Gasteiger partial charge in [-0.3, -0.25) is 4.79 Å². The zero-order valence-electron chi connectivity index (χ0n) is 23.0. The van der Waals surface area contributed by atoms with E-state index in [1.165, 1.54) is 128 Å². The number of rotatable bonds is 23. The Morgan fingerprint density at radius 1 is 0.594 bits per heavy atom. The highest BCUT2D eigenvalue weighted by Gasteiger charge is 2.18. The summed E-state index contributed by atoms with van der Waals surface area (Å²) in [6.45, 7) is 11.5. The number of hydrogen-bond acceptors (Lipinski definition) is 2. The van der Waals surface area contributed by atoms with Crippen LogP contribution < -0.4 is 0 Å². The minimum Gasteiger partial charge on any atom is -0.465 e. The summed E-state index contributed by atoms with van der Waals surface area (Å²) in [6.07, 6.45) is 27.7. The van der Waals surface area contributed by atoms with Crippen molar-refractivity contribution in [3.63, 3.8) is 0 Å². The van der Waals surface area contributed by atoms with Crippen LogP contribution in [0.2, 0.25) is 0 Å². The van der Waals surface area contributed by atoms with Gasteiger partial charge in [0, 0.05) is 6.42 Å². The molecule has 0 amide bonds. The van der Waals surface area contributed by atoms with E-state index in [0.29, 0.717) is 18.9 Å². The Bertz CT molecular complexity index is 396. The van der Waals surface area contributed by atoms with E-state index < -0.39 is 0 Å². The third-order valence-corrected chi connectivity index (χ3v) is 6.55. The lowest BCUT2D eigenvalue weighted by Crippen LogP contribution is -2.20.